The Morgan fingerprint density at radius 2 is 1.74 bits per heavy atom. The summed E-state index contributed by atoms with van der Waals surface area (Å²) in [6.07, 6.45) is -4.11. The lowest BCUT2D eigenvalue weighted by molar-refractivity contribution is -0.136. The van der Waals surface area contributed by atoms with Crippen LogP contribution in [0.15, 0.2) is 17.1 Å². The van der Waals surface area contributed by atoms with Gasteiger partial charge in [0.05, 0.1) is 16.6 Å². The number of anilines is 1. The number of fused-ring (bicyclic) bond motifs is 1. The maximum Gasteiger partial charge on any atom is 0.420 e. The fraction of sp³-hybridized carbons (Fsp3) is 0.412. The van der Waals surface area contributed by atoms with Crippen LogP contribution in [0.3, 0.4) is 0 Å². The average Bonchev–Trinajstić information content (AvgIpc) is 2.57. The minimum atomic E-state index is -4.94. The molecule has 0 spiro atoms. The Labute approximate surface area is 151 Å². The van der Waals surface area contributed by atoms with Gasteiger partial charge in [-0.2, -0.15) is 13.2 Å². The van der Waals surface area contributed by atoms with Crippen LogP contribution in [-0.4, -0.2) is 53.8 Å². The molecule has 1 aliphatic heterocycles. The zero-order valence-corrected chi connectivity index (χ0v) is 14.6. The molecule has 2 heterocycles. The van der Waals surface area contributed by atoms with E-state index in [2.05, 4.69) is 0 Å². The van der Waals surface area contributed by atoms with Crippen molar-refractivity contribution >= 4 is 22.6 Å². The number of carbonyl (C=O) groups is 1. The Bertz CT molecular complexity index is 976. The first-order valence-electron chi connectivity index (χ1n) is 8.12. The summed E-state index contributed by atoms with van der Waals surface area (Å²) in [5.74, 6) is -2.78. The van der Waals surface area contributed by atoms with E-state index in [-0.39, 0.29) is 13.1 Å². The van der Waals surface area contributed by atoms with E-state index in [0.29, 0.717) is 19.2 Å². The van der Waals surface area contributed by atoms with E-state index < -0.39 is 51.1 Å². The molecule has 10 heteroatoms. The Morgan fingerprint density at radius 1 is 1.15 bits per heavy atom. The molecule has 0 aliphatic carbocycles. The predicted octanol–water partition coefficient (Wildman–Crippen LogP) is 2.15. The minimum Gasteiger partial charge on any atom is -0.477 e. The molecule has 1 N–H and O–H groups in total. The lowest BCUT2D eigenvalue weighted by Crippen LogP contribution is -2.45. The van der Waals surface area contributed by atoms with Gasteiger partial charge in [-0.05, 0) is 13.1 Å². The number of alkyl halides is 3. The number of aryl methyl sites for hydroxylation is 1. The summed E-state index contributed by atoms with van der Waals surface area (Å²) in [7, 11) is 3.02. The average molecular weight is 387 g/mol. The maximum absolute atomic E-state index is 14.8. The Balaban J connectivity index is 2.40. The van der Waals surface area contributed by atoms with E-state index in [9.17, 15) is 27.2 Å². The second-order valence-corrected chi connectivity index (χ2v) is 6.55. The van der Waals surface area contributed by atoms with Gasteiger partial charge in [0, 0.05) is 39.4 Å². The molecule has 6 nitrogen and oxygen atoms in total. The van der Waals surface area contributed by atoms with Gasteiger partial charge in [0.1, 0.15) is 16.9 Å². The van der Waals surface area contributed by atoms with Crippen LogP contribution < -0.4 is 10.3 Å². The van der Waals surface area contributed by atoms with E-state index >= 15 is 0 Å². The van der Waals surface area contributed by atoms with Gasteiger partial charge in [-0.25, -0.2) is 9.18 Å². The molecule has 0 radical (unpaired) electrons. The molecule has 27 heavy (non-hydrogen) atoms. The van der Waals surface area contributed by atoms with Crippen LogP contribution in [0.2, 0.25) is 0 Å². The van der Waals surface area contributed by atoms with Gasteiger partial charge in [-0.1, -0.05) is 0 Å². The molecular formula is C17H17F4N3O3. The van der Waals surface area contributed by atoms with Crippen molar-refractivity contribution < 1.29 is 27.5 Å². The van der Waals surface area contributed by atoms with Crippen LogP contribution in [0.4, 0.5) is 23.2 Å². The molecule has 146 valence electrons. The number of hydrogen-bond donors (Lipinski definition) is 1. The van der Waals surface area contributed by atoms with Crippen molar-refractivity contribution in [3.63, 3.8) is 0 Å². The van der Waals surface area contributed by atoms with E-state index in [1.54, 1.807) is 0 Å². The smallest absolute Gasteiger partial charge is 0.420 e. The highest BCUT2D eigenvalue weighted by Crippen LogP contribution is 2.42. The second kappa shape index (κ2) is 6.52. The van der Waals surface area contributed by atoms with Crippen LogP contribution in [0.1, 0.15) is 15.9 Å². The maximum atomic E-state index is 14.8. The highest BCUT2D eigenvalue weighted by Gasteiger charge is 2.41. The van der Waals surface area contributed by atoms with Crippen molar-refractivity contribution in [1.29, 1.82) is 0 Å². The molecular weight excluding hydrogens is 370 g/mol. The number of piperazine rings is 1. The standard InChI is InChI=1S/C17H17F4N3O3/c1-22-3-5-24(6-4-22)14-11(18)7-9-13(12(14)17(19,20)21)23(2)8-10(15(9)25)16(26)27/h7-8H,3-6H2,1-2H3,(H,26,27). The monoisotopic (exact) mass is 387 g/mol. The summed E-state index contributed by atoms with van der Waals surface area (Å²) in [5.41, 5.74) is -4.28. The molecule has 0 saturated carbocycles. The number of likely N-dealkylation sites (N-methyl/N-ethyl adjacent to an activating group) is 1. The van der Waals surface area contributed by atoms with Crippen molar-refractivity contribution in [3.05, 3.63) is 39.4 Å². The molecule has 3 rings (SSSR count). The number of hydrogen-bond acceptors (Lipinski definition) is 4. The van der Waals surface area contributed by atoms with Gasteiger partial charge >= 0.3 is 12.1 Å². The summed E-state index contributed by atoms with van der Waals surface area (Å²) < 4.78 is 57.5. The Hall–Kier alpha value is -2.62. The van der Waals surface area contributed by atoms with Gasteiger partial charge in [-0.15, -0.1) is 0 Å². The van der Waals surface area contributed by atoms with Crippen molar-refractivity contribution in [3.8, 4) is 0 Å². The summed E-state index contributed by atoms with van der Waals surface area (Å²) >= 11 is 0. The second-order valence-electron chi connectivity index (χ2n) is 6.55. The number of carboxylic acids is 1. The predicted molar refractivity (Wildman–Crippen MR) is 90.8 cm³/mol. The molecule has 1 fully saturated rings. The highest BCUT2D eigenvalue weighted by atomic mass is 19.4. The van der Waals surface area contributed by atoms with Gasteiger partial charge in [0.25, 0.3) is 0 Å². The number of pyridine rings is 1. The normalized spacial score (nSPS) is 16.1. The molecule has 2 aromatic rings. The lowest BCUT2D eigenvalue weighted by Gasteiger charge is -2.36. The number of carboxylic acid groups (broad SMARTS) is 1. The third kappa shape index (κ3) is 3.25. The van der Waals surface area contributed by atoms with Crippen LogP contribution >= 0.6 is 0 Å². The Kier molecular flexibility index (Phi) is 4.62. The van der Waals surface area contributed by atoms with Gasteiger partial charge in [0.15, 0.2) is 0 Å². The number of rotatable bonds is 2. The molecule has 1 aromatic carbocycles. The molecule has 0 atom stereocenters. The summed E-state index contributed by atoms with van der Waals surface area (Å²) in [4.78, 5) is 26.7. The molecule has 0 bridgehead atoms. The first kappa shape index (κ1) is 19.2. The van der Waals surface area contributed by atoms with Gasteiger partial charge in [0.2, 0.25) is 5.43 Å². The first-order chi connectivity index (χ1) is 12.5. The summed E-state index contributed by atoms with van der Waals surface area (Å²) in [6, 6.07) is 0.701. The highest BCUT2D eigenvalue weighted by molar-refractivity contribution is 5.95. The zero-order valence-electron chi connectivity index (χ0n) is 14.6. The fourth-order valence-corrected chi connectivity index (χ4v) is 3.39. The van der Waals surface area contributed by atoms with Crippen molar-refractivity contribution in [1.82, 2.24) is 9.47 Å². The lowest BCUT2D eigenvalue weighted by atomic mass is 10.0. The third-order valence-corrected chi connectivity index (χ3v) is 4.72. The van der Waals surface area contributed by atoms with Crippen LogP contribution in [0.5, 0.6) is 0 Å². The molecule has 0 unspecified atom stereocenters. The molecule has 1 aliphatic rings. The van der Waals surface area contributed by atoms with Crippen LogP contribution in [0, 0.1) is 5.82 Å². The topological polar surface area (TPSA) is 65.8 Å². The molecule has 1 aromatic heterocycles. The van der Waals surface area contributed by atoms with E-state index in [1.165, 1.54) is 11.9 Å². The van der Waals surface area contributed by atoms with Crippen LogP contribution in [-0.2, 0) is 13.2 Å². The van der Waals surface area contributed by atoms with Crippen LogP contribution in [0.25, 0.3) is 10.9 Å². The summed E-state index contributed by atoms with van der Waals surface area (Å²) in [5, 5.41) is 8.48. The van der Waals surface area contributed by atoms with Crippen molar-refractivity contribution in [2.45, 2.75) is 6.18 Å². The molecule has 1 saturated heterocycles. The van der Waals surface area contributed by atoms with Crippen molar-refractivity contribution in [2.75, 3.05) is 38.1 Å². The minimum absolute atomic E-state index is 0.198. The molecule has 0 amide bonds. The number of halogens is 4. The van der Waals surface area contributed by atoms with E-state index in [1.807, 2.05) is 11.9 Å². The summed E-state index contributed by atoms with van der Waals surface area (Å²) in [6.45, 7) is 1.32. The van der Waals surface area contributed by atoms with Gasteiger partial charge < -0.3 is 19.5 Å². The number of nitrogens with zero attached hydrogens (tertiary/aromatic N) is 3. The van der Waals surface area contributed by atoms with E-state index in [0.717, 1.165) is 10.8 Å². The van der Waals surface area contributed by atoms with E-state index in [4.69, 9.17) is 5.11 Å². The SMILES string of the molecule is CN1CCN(c2c(F)cc3c(=O)c(C(=O)O)cn(C)c3c2C(F)(F)F)CC1. The largest absolute Gasteiger partial charge is 0.477 e. The van der Waals surface area contributed by atoms with Crippen molar-refractivity contribution in [2.24, 2.45) is 7.05 Å². The van der Waals surface area contributed by atoms with Gasteiger partial charge in [-0.3, -0.25) is 4.79 Å². The number of benzene rings is 1. The zero-order chi connectivity index (χ0) is 20.1. The fourth-order valence-electron chi connectivity index (χ4n) is 3.39. The quantitative estimate of drug-likeness (QED) is 0.800. The first-order valence-corrected chi connectivity index (χ1v) is 8.12. The third-order valence-electron chi connectivity index (χ3n) is 4.72. The Morgan fingerprint density at radius 3 is 2.26 bits per heavy atom. The number of aromatic carboxylic acids is 1. The number of aromatic nitrogens is 1.